The lowest BCUT2D eigenvalue weighted by molar-refractivity contribution is 0.0695. The van der Waals surface area contributed by atoms with E-state index in [2.05, 4.69) is 25.9 Å². The highest BCUT2D eigenvalue weighted by molar-refractivity contribution is 5.94. The number of rotatable bonds is 4. The predicted molar refractivity (Wildman–Crippen MR) is 103 cm³/mol. The first kappa shape index (κ1) is 17.0. The first-order chi connectivity index (χ1) is 13.3. The fourth-order valence-corrected chi connectivity index (χ4v) is 4.97. The van der Waals surface area contributed by atoms with Crippen molar-refractivity contribution in [2.45, 2.75) is 70.3 Å². The van der Waals surface area contributed by atoms with Crippen molar-refractivity contribution >= 4 is 5.91 Å². The van der Waals surface area contributed by atoms with Crippen molar-refractivity contribution in [2.75, 3.05) is 13.1 Å². The lowest BCUT2D eigenvalue weighted by Crippen LogP contribution is -2.40. The zero-order valence-corrected chi connectivity index (χ0v) is 16.0. The van der Waals surface area contributed by atoms with Crippen LogP contribution in [-0.2, 0) is 19.4 Å². The van der Waals surface area contributed by atoms with E-state index in [1.165, 1.54) is 42.8 Å². The molecule has 1 saturated carbocycles. The van der Waals surface area contributed by atoms with Crippen LogP contribution >= 0.6 is 0 Å². The highest BCUT2D eigenvalue weighted by Crippen LogP contribution is 2.32. The van der Waals surface area contributed by atoms with Gasteiger partial charge in [0.1, 0.15) is 5.82 Å². The standard InChI is InChI=1S/C21H29N5O/c27-21(19-17-8-1-2-9-18(17)23-24-19)26-11-4-7-16(14-26)20-22-10-12-25(20)13-15-5-3-6-15/h10,12,15-16H,1-9,11,13-14H2,(H,23,24)/t16-/m1/s1. The molecule has 6 heteroatoms. The molecule has 1 atom stereocenters. The number of imidazole rings is 1. The molecule has 2 aliphatic carbocycles. The molecule has 6 nitrogen and oxygen atoms in total. The molecule has 0 aromatic carbocycles. The van der Waals surface area contributed by atoms with Gasteiger partial charge in [-0.25, -0.2) is 4.98 Å². The number of carbonyl (C=O) groups is 1. The van der Waals surface area contributed by atoms with Crippen LogP contribution in [0, 0.1) is 5.92 Å². The molecule has 1 N–H and O–H groups in total. The Morgan fingerprint density at radius 1 is 1.15 bits per heavy atom. The van der Waals surface area contributed by atoms with E-state index in [1.54, 1.807) is 0 Å². The number of hydrogen-bond donors (Lipinski definition) is 1. The molecule has 144 valence electrons. The molecule has 2 aromatic rings. The molecule has 5 rings (SSSR count). The molecule has 27 heavy (non-hydrogen) atoms. The van der Waals surface area contributed by atoms with Gasteiger partial charge in [0, 0.05) is 49.2 Å². The average Bonchev–Trinajstić information content (AvgIpc) is 3.31. The average molecular weight is 367 g/mol. The zero-order chi connectivity index (χ0) is 18.2. The van der Waals surface area contributed by atoms with E-state index < -0.39 is 0 Å². The number of likely N-dealkylation sites (tertiary alicyclic amines) is 1. The Morgan fingerprint density at radius 3 is 2.89 bits per heavy atom. The van der Waals surface area contributed by atoms with Crippen molar-refractivity contribution in [3.8, 4) is 0 Å². The van der Waals surface area contributed by atoms with Crippen LogP contribution in [0.3, 0.4) is 0 Å². The number of nitrogens with zero attached hydrogens (tertiary/aromatic N) is 4. The van der Waals surface area contributed by atoms with Crippen LogP contribution in [0.15, 0.2) is 12.4 Å². The van der Waals surface area contributed by atoms with E-state index in [9.17, 15) is 4.79 Å². The van der Waals surface area contributed by atoms with Gasteiger partial charge in [-0.05, 0) is 57.3 Å². The van der Waals surface area contributed by atoms with Crippen LogP contribution < -0.4 is 0 Å². The van der Waals surface area contributed by atoms with Gasteiger partial charge in [-0.1, -0.05) is 6.42 Å². The van der Waals surface area contributed by atoms with Gasteiger partial charge >= 0.3 is 0 Å². The summed E-state index contributed by atoms with van der Waals surface area (Å²) in [6.45, 7) is 2.69. The maximum absolute atomic E-state index is 13.2. The molecule has 1 saturated heterocycles. The molecular weight excluding hydrogens is 338 g/mol. The summed E-state index contributed by atoms with van der Waals surface area (Å²) in [5.41, 5.74) is 3.01. The highest BCUT2D eigenvalue weighted by atomic mass is 16.2. The van der Waals surface area contributed by atoms with Crippen LogP contribution in [0.2, 0.25) is 0 Å². The van der Waals surface area contributed by atoms with Gasteiger partial charge in [0.05, 0.1) is 0 Å². The van der Waals surface area contributed by atoms with Crippen molar-refractivity contribution in [1.29, 1.82) is 0 Å². The molecule has 1 aliphatic heterocycles. The fraction of sp³-hybridized carbons (Fsp3) is 0.667. The molecule has 2 fully saturated rings. The summed E-state index contributed by atoms with van der Waals surface area (Å²) in [7, 11) is 0. The predicted octanol–water partition coefficient (Wildman–Crippen LogP) is 3.30. The Balaban J connectivity index is 1.32. The normalized spacial score (nSPS) is 23.1. The molecular formula is C21H29N5O. The van der Waals surface area contributed by atoms with E-state index in [4.69, 9.17) is 0 Å². The largest absolute Gasteiger partial charge is 0.337 e. The summed E-state index contributed by atoms with van der Waals surface area (Å²) in [6.07, 6.45) is 14.6. The Labute approximate surface area is 160 Å². The smallest absolute Gasteiger partial charge is 0.274 e. The molecule has 3 aliphatic rings. The van der Waals surface area contributed by atoms with Crippen LogP contribution in [0.1, 0.15) is 78.4 Å². The zero-order valence-electron chi connectivity index (χ0n) is 16.0. The minimum atomic E-state index is 0.108. The van der Waals surface area contributed by atoms with Crippen LogP contribution in [0.25, 0.3) is 0 Å². The number of carbonyl (C=O) groups excluding carboxylic acids is 1. The number of H-pyrrole nitrogens is 1. The molecule has 0 radical (unpaired) electrons. The van der Waals surface area contributed by atoms with E-state index in [-0.39, 0.29) is 5.91 Å². The van der Waals surface area contributed by atoms with Gasteiger partial charge in [-0.3, -0.25) is 9.89 Å². The summed E-state index contributed by atoms with van der Waals surface area (Å²) in [5.74, 6) is 2.43. The molecule has 1 amide bonds. The van der Waals surface area contributed by atoms with E-state index >= 15 is 0 Å². The Bertz CT molecular complexity index is 818. The lowest BCUT2D eigenvalue weighted by atomic mass is 9.85. The maximum Gasteiger partial charge on any atom is 0.274 e. The number of piperidine rings is 1. The summed E-state index contributed by atoms with van der Waals surface area (Å²) >= 11 is 0. The van der Waals surface area contributed by atoms with Crippen molar-refractivity contribution in [3.05, 3.63) is 35.2 Å². The van der Waals surface area contributed by atoms with Crippen LogP contribution in [-0.4, -0.2) is 43.6 Å². The molecule has 0 spiro atoms. The third-order valence-corrected chi connectivity index (χ3v) is 6.76. The number of amides is 1. The second-order valence-corrected chi connectivity index (χ2v) is 8.56. The maximum atomic E-state index is 13.2. The summed E-state index contributed by atoms with van der Waals surface area (Å²) in [5, 5.41) is 7.51. The highest BCUT2D eigenvalue weighted by Gasteiger charge is 2.31. The Morgan fingerprint density at radius 2 is 2.04 bits per heavy atom. The van der Waals surface area contributed by atoms with Crippen molar-refractivity contribution in [3.63, 3.8) is 0 Å². The summed E-state index contributed by atoms with van der Waals surface area (Å²) in [4.78, 5) is 19.9. The molecule has 3 heterocycles. The number of hydrogen-bond acceptors (Lipinski definition) is 3. The number of aryl methyl sites for hydroxylation is 1. The van der Waals surface area contributed by atoms with Gasteiger partial charge in [0.25, 0.3) is 5.91 Å². The van der Waals surface area contributed by atoms with E-state index in [0.717, 1.165) is 57.7 Å². The molecule has 0 bridgehead atoms. The van der Waals surface area contributed by atoms with Gasteiger partial charge in [0.15, 0.2) is 5.69 Å². The van der Waals surface area contributed by atoms with Gasteiger partial charge in [-0.15, -0.1) is 0 Å². The Hall–Kier alpha value is -2.11. The summed E-state index contributed by atoms with van der Waals surface area (Å²) in [6, 6.07) is 0. The monoisotopic (exact) mass is 367 g/mol. The topological polar surface area (TPSA) is 66.8 Å². The fourth-order valence-electron chi connectivity index (χ4n) is 4.97. The number of nitrogens with one attached hydrogen (secondary N) is 1. The quantitative estimate of drug-likeness (QED) is 0.901. The van der Waals surface area contributed by atoms with E-state index in [0.29, 0.717) is 11.6 Å². The second-order valence-electron chi connectivity index (χ2n) is 8.56. The first-order valence-corrected chi connectivity index (χ1v) is 10.7. The number of fused-ring (bicyclic) bond motifs is 1. The lowest BCUT2D eigenvalue weighted by Gasteiger charge is -2.33. The Kier molecular flexibility index (Phi) is 4.50. The SMILES string of the molecule is O=C(c1n[nH]c2c1CCCC2)N1CCC[C@@H](c2nccn2CC2CCC2)C1. The molecule has 0 unspecified atom stereocenters. The number of aromatic amines is 1. The van der Waals surface area contributed by atoms with E-state index in [1.807, 2.05) is 11.1 Å². The third-order valence-electron chi connectivity index (χ3n) is 6.76. The van der Waals surface area contributed by atoms with Crippen LogP contribution in [0.5, 0.6) is 0 Å². The van der Waals surface area contributed by atoms with Crippen molar-refractivity contribution in [2.24, 2.45) is 5.92 Å². The van der Waals surface area contributed by atoms with Crippen molar-refractivity contribution in [1.82, 2.24) is 24.6 Å². The third kappa shape index (κ3) is 3.19. The van der Waals surface area contributed by atoms with Gasteiger partial charge < -0.3 is 9.47 Å². The number of aromatic nitrogens is 4. The second kappa shape index (κ2) is 7.13. The van der Waals surface area contributed by atoms with Crippen molar-refractivity contribution < 1.29 is 4.79 Å². The minimum Gasteiger partial charge on any atom is -0.337 e. The minimum absolute atomic E-state index is 0.108. The summed E-state index contributed by atoms with van der Waals surface area (Å²) < 4.78 is 2.35. The molecule has 2 aromatic heterocycles. The first-order valence-electron chi connectivity index (χ1n) is 10.7. The van der Waals surface area contributed by atoms with Crippen LogP contribution in [0.4, 0.5) is 0 Å². The van der Waals surface area contributed by atoms with Gasteiger partial charge in [-0.2, -0.15) is 5.10 Å². The van der Waals surface area contributed by atoms with Gasteiger partial charge in [0.2, 0.25) is 0 Å².